The molecule has 2 rings (SSSR count). The van der Waals surface area contributed by atoms with Crippen LogP contribution in [0.5, 0.6) is 0 Å². The monoisotopic (exact) mass is 270 g/mol. The van der Waals surface area contributed by atoms with Crippen LogP contribution in [0, 0.1) is 30.2 Å². The molecule has 0 amide bonds. The number of halogens is 4. The zero-order valence-electron chi connectivity index (χ0n) is 9.92. The van der Waals surface area contributed by atoms with Gasteiger partial charge in [0.25, 0.3) is 0 Å². The first-order valence-corrected chi connectivity index (χ1v) is 5.48. The van der Waals surface area contributed by atoms with Crippen molar-refractivity contribution in [2.45, 2.75) is 13.0 Å². The van der Waals surface area contributed by atoms with Crippen LogP contribution in [0.1, 0.15) is 22.8 Å². The summed E-state index contributed by atoms with van der Waals surface area (Å²) >= 11 is 0. The fraction of sp³-hybridized carbons (Fsp3) is 0.143. The minimum atomic E-state index is -1.70. The standard InChI is InChI=1S/C14H10F4O/c1-7-2-3-10(15)8(4-7)14(19)9-5-12(17)13(18)6-11(9)16/h2-6,14,19H,1H3. The lowest BCUT2D eigenvalue weighted by Crippen LogP contribution is -2.07. The average molecular weight is 270 g/mol. The Labute approximate surface area is 107 Å². The number of rotatable bonds is 2. The molecular weight excluding hydrogens is 260 g/mol. The van der Waals surface area contributed by atoms with E-state index in [0.29, 0.717) is 17.7 Å². The van der Waals surface area contributed by atoms with Gasteiger partial charge in [-0.3, -0.25) is 0 Å². The van der Waals surface area contributed by atoms with Crippen LogP contribution < -0.4 is 0 Å². The predicted molar refractivity (Wildman–Crippen MR) is 61.5 cm³/mol. The van der Waals surface area contributed by atoms with E-state index in [2.05, 4.69) is 0 Å². The molecule has 1 atom stereocenters. The van der Waals surface area contributed by atoms with Crippen LogP contribution in [0.15, 0.2) is 30.3 Å². The summed E-state index contributed by atoms with van der Waals surface area (Å²) in [6.07, 6.45) is -1.70. The summed E-state index contributed by atoms with van der Waals surface area (Å²) < 4.78 is 52.9. The Morgan fingerprint density at radius 2 is 1.37 bits per heavy atom. The van der Waals surface area contributed by atoms with E-state index in [-0.39, 0.29) is 5.56 Å². The smallest absolute Gasteiger partial charge is 0.161 e. The van der Waals surface area contributed by atoms with E-state index in [0.717, 1.165) is 6.07 Å². The minimum absolute atomic E-state index is 0.190. The molecule has 0 saturated heterocycles. The average Bonchev–Trinajstić information content (AvgIpc) is 2.36. The summed E-state index contributed by atoms with van der Waals surface area (Å²) in [5.74, 6) is -4.55. The van der Waals surface area contributed by atoms with Crippen LogP contribution >= 0.6 is 0 Å². The lowest BCUT2D eigenvalue weighted by molar-refractivity contribution is 0.208. The van der Waals surface area contributed by atoms with E-state index < -0.39 is 34.9 Å². The molecule has 0 aliphatic heterocycles. The molecule has 1 unspecified atom stereocenters. The molecule has 1 nitrogen and oxygen atoms in total. The van der Waals surface area contributed by atoms with Crippen LogP contribution in [-0.4, -0.2) is 5.11 Å². The highest BCUT2D eigenvalue weighted by molar-refractivity contribution is 5.34. The third-order valence-electron chi connectivity index (χ3n) is 2.78. The van der Waals surface area contributed by atoms with Crippen molar-refractivity contribution in [3.63, 3.8) is 0 Å². The first-order chi connectivity index (χ1) is 8.90. The van der Waals surface area contributed by atoms with Crippen LogP contribution in [0.4, 0.5) is 17.6 Å². The summed E-state index contributed by atoms with van der Waals surface area (Å²) in [7, 11) is 0. The van der Waals surface area contributed by atoms with Crippen molar-refractivity contribution in [1.82, 2.24) is 0 Å². The molecule has 0 radical (unpaired) electrons. The van der Waals surface area contributed by atoms with E-state index in [1.54, 1.807) is 6.92 Å². The third-order valence-corrected chi connectivity index (χ3v) is 2.78. The van der Waals surface area contributed by atoms with Gasteiger partial charge in [-0.1, -0.05) is 17.7 Å². The fourth-order valence-corrected chi connectivity index (χ4v) is 1.79. The van der Waals surface area contributed by atoms with E-state index in [1.165, 1.54) is 12.1 Å². The maximum Gasteiger partial charge on any atom is 0.161 e. The van der Waals surface area contributed by atoms with Crippen molar-refractivity contribution in [3.05, 3.63) is 70.3 Å². The van der Waals surface area contributed by atoms with Crippen molar-refractivity contribution in [2.24, 2.45) is 0 Å². The summed E-state index contributed by atoms with van der Waals surface area (Å²) in [6, 6.07) is 4.76. The quantitative estimate of drug-likeness (QED) is 0.652. The summed E-state index contributed by atoms with van der Waals surface area (Å²) in [6.45, 7) is 1.66. The molecule has 100 valence electrons. The van der Waals surface area contributed by atoms with Crippen molar-refractivity contribution >= 4 is 0 Å². The highest BCUT2D eigenvalue weighted by Crippen LogP contribution is 2.28. The topological polar surface area (TPSA) is 20.2 Å². The molecule has 0 heterocycles. The van der Waals surface area contributed by atoms with Crippen molar-refractivity contribution in [3.8, 4) is 0 Å². The molecule has 0 bridgehead atoms. The van der Waals surface area contributed by atoms with Crippen molar-refractivity contribution < 1.29 is 22.7 Å². The Hall–Kier alpha value is -1.88. The van der Waals surface area contributed by atoms with Crippen LogP contribution in [0.2, 0.25) is 0 Å². The first-order valence-electron chi connectivity index (χ1n) is 5.48. The van der Waals surface area contributed by atoms with E-state index in [4.69, 9.17) is 0 Å². The van der Waals surface area contributed by atoms with Gasteiger partial charge in [-0.05, 0) is 19.1 Å². The largest absolute Gasteiger partial charge is 0.383 e. The maximum atomic E-state index is 13.6. The lowest BCUT2D eigenvalue weighted by Gasteiger charge is -2.14. The van der Waals surface area contributed by atoms with Crippen LogP contribution in [-0.2, 0) is 0 Å². The summed E-state index contributed by atoms with van der Waals surface area (Å²) in [4.78, 5) is 0. The Kier molecular flexibility index (Phi) is 3.57. The molecule has 19 heavy (non-hydrogen) atoms. The van der Waals surface area contributed by atoms with Gasteiger partial charge >= 0.3 is 0 Å². The van der Waals surface area contributed by atoms with Gasteiger partial charge in [0.15, 0.2) is 11.6 Å². The minimum Gasteiger partial charge on any atom is -0.383 e. The van der Waals surface area contributed by atoms with Gasteiger partial charge in [0.2, 0.25) is 0 Å². The molecule has 1 N–H and O–H groups in total. The van der Waals surface area contributed by atoms with Gasteiger partial charge in [-0.2, -0.15) is 0 Å². The maximum absolute atomic E-state index is 13.6. The molecular formula is C14H10F4O. The fourth-order valence-electron chi connectivity index (χ4n) is 1.79. The van der Waals surface area contributed by atoms with Gasteiger partial charge in [0, 0.05) is 17.2 Å². The zero-order valence-corrected chi connectivity index (χ0v) is 9.92. The van der Waals surface area contributed by atoms with Crippen molar-refractivity contribution in [1.29, 1.82) is 0 Å². The van der Waals surface area contributed by atoms with Crippen molar-refractivity contribution in [2.75, 3.05) is 0 Å². The molecule has 0 aliphatic rings. The highest BCUT2D eigenvalue weighted by Gasteiger charge is 2.21. The van der Waals surface area contributed by atoms with Gasteiger partial charge in [0.05, 0.1) is 0 Å². The zero-order chi connectivity index (χ0) is 14.2. The number of aryl methyl sites for hydroxylation is 1. The van der Waals surface area contributed by atoms with E-state index in [1.807, 2.05) is 0 Å². The third kappa shape index (κ3) is 2.61. The number of benzene rings is 2. The Morgan fingerprint density at radius 3 is 2.05 bits per heavy atom. The molecule has 2 aromatic carbocycles. The molecule has 0 spiro atoms. The first kappa shape index (κ1) is 13.5. The number of hydrogen-bond acceptors (Lipinski definition) is 1. The Bertz CT molecular complexity index is 625. The molecule has 0 fully saturated rings. The second kappa shape index (κ2) is 5.01. The lowest BCUT2D eigenvalue weighted by atomic mass is 9.99. The van der Waals surface area contributed by atoms with Gasteiger partial charge in [0.1, 0.15) is 17.7 Å². The SMILES string of the molecule is Cc1ccc(F)c(C(O)c2cc(F)c(F)cc2F)c1. The predicted octanol–water partition coefficient (Wildman–Crippen LogP) is 3.63. The molecule has 0 aromatic heterocycles. The van der Waals surface area contributed by atoms with Gasteiger partial charge in [-0.15, -0.1) is 0 Å². The Morgan fingerprint density at radius 1 is 0.789 bits per heavy atom. The number of aliphatic hydroxyl groups excluding tert-OH is 1. The summed E-state index contributed by atoms with van der Waals surface area (Å²) in [5, 5.41) is 9.92. The summed E-state index contributed by atoms with van der Waals surface area (Å²) in [5.41, 5.74) is -0.0493. The van der Waals surface area contributed by atoms with Crippen LogP contribution in [0.3, 0.4) is 0 Å². The molecule has 0 aliphatic carbocycles. The second-order valence-corrected chi connectivity index (χ2v) is 4.22. The Balaban J connectivity index is 2.52. The van der Waals surface area contributed by atoms with E-state index in [9.17, 15) is 22.7 Å². The molecule has 5 heteroatoms. The number of aliphatic hydroxyl groups is 1. The van der Waals surface area contributed by atoms with E-state index >= 15 is 0 Å². The molecule has 0 saturated carbocycles. The molecule has 2 aromatic rings. The van der Waals surface area contributed by atoms with Gasteiger partial charge in [-0.25, -0.2) is 17.6 Å². The normalized spacial score (nSPS) is 12.5. The highest BCUT2D eigenvalue weighted by atomic mass is 19.2. The second-order valence-electron chi connectivity index (χ2n) is 4.22. The number of hydrogen-bond donors (Lipinski definition) is 1. The van der Waals surface area contributed by atoms with Crippen LogP contribution in [0.25, 0.3) is 0 Å². The van der Waals surface area contributed by atoms with Gasteiger partial charge < -0.3 is 5.11 Å².